The van der Waals surface area contributed by atoms with Crippen LogP contribution in [0.1, 0.15) is 0 Å². The Hall–Kier alpha value is -0.430. The summed E-state index contributed by atoms with van der Waals surface area (Å²) in [5.41, 5.74) is 3.06. The van der Waals surface area contributed by atoms with Gasteiger partial charge in [-0.15, -0.1) is 0 Å². The maximum Gasteiger partial charge on any atom is 0.397 e. The third kappa shape index (κ3) is 11.4. The monoisotopic (exact) mass is 361 g/mol. The van der Waals surface area contributed by atoms with Gasteiger partial charge in [0.2, 0.25) is 0 Å². The minimum atomic E-state index is -4.98. The summed E-state index contributed by atoms with van der Waals surface area (Å²) in [7, 11) is -14.9. The molecule has 122 valence electrons. The third-order valence-electron chi connectivity index (χ3n) is 1.49. The summed E-state index contributed by atoms with van der Waals surface area (Å²) in [6.07, 6.45) is 0. The molecule has 0 unspecified atom stereocenters. The van der Waals surface area contributed by atoms with Gasteiger partial charge in [-0.05, 0) is 0 Å². The maximum atomic E-state index is 10.3. The molecular weight excluding hydrogens is 350 g/mol. The van der Waals surface area contributed by atoms with Crippen molar-refractivity contribution in [1.82, 2.24) is 0 Å². The van der Waals surface area contributed by atoms with Crippen molar-refractivity contribution >= 4 is 31.2 Å². The Morgan fingerprint density at radius 3 is 1.05 bits per heavy atom. The molecule has 0 bridgehead atoms. The number of hydrogen-bond donors (Lipinski definition) is 4. The fourth-order valence-electron chi connectivity index (χ4n) is 0.700. The molecule has 0 aromatic rings. The first-order chi connectivity index (χ1) is 8.62. The zero-order chi connectivity index (χ0) is 16.2. The predicted octanol–water partition coefficient (Wildman–Crippen LogP) is -2.86. The lowest BCUT2D eigenvalue weighted by Crippen LogP contribution is -2.54. The first-order valence-electron chi connectivity index (χ1n) is 4.26. The molecule has 0 aromatic heterocycles. The van der Waals surface area contributed by atoms with Crippen molar-refractivity contribution in [3.63, 3.8) is 0 Å². The highest BCUT2D eigenvalue weighted by Crippen LogP contribution is 2.09. The van der Waals surface area contributed by atoms with Crippen LogP contribution in [0.25, 0.3) is 0 Å². The molecule has 0 rings (SSSR count). The number of rotatable bonds is 9. The standard InChI is InChI=1S/C4H11NO12S3/c5-4(1-15-18(6,7)8,2-16-19(9,10)11)3-17-20(12,13)14/h1-3,5H2,(H,6,7,8)(H,9,10,11)(H,12,13,14). The van der Waals surface area contributed by atoms with Gasteiger partial charge in [-0.1, -0.05) is 0 Å². The highest BCUT2D eigenvalue weighted by Gasteiger charge is 2.32. The second-order valence-corrected chi connectivity index (χ2v) is 6.71. The van der Waals surface area contributed by atoms with Crippen LogP contribution in [0.5, 0.6) is 0 Å². The molecule has 20 heavy (non-hydrogen) atoms. The molecule has 5 N–H and O–H groups in total. The fraction of sp³-hybridized carbons (Fsp3) is 1.00. The fourth-order valence-corrected chi connectivity index (χ4v) is 1.85. The van der Waals surface area contributed by atoms with Crippen LogP contribution >= 0.6 is 0 Å². The average Bonchev–Trinajstić information content (AvgIpc) is 2.18. The van der Waals surface area contributed by atoms with E-state index in [1.165, 1.54) is 0 Å². The molecule has 0 aliphatic rings. The number of hydrogen-bond acceptors (Lipinski definition) is 10. The molecule has 0 spiro atoms. The average molecular weight is 361 g/mol. The van der Waals surface area contributed by atoms with Gasteiger partial charge in [0.1, 0.15) is 0 Å². The SMILES string of the molecule is NC(COS(=O)(=O)O)(COS(=O)(=O)O)COS(=O)(=O)O. The topological polar surface area (TPSA) is 217 Å². The molecule has 0 aliphatic carbocycles. The van der Waals surface area contributed by atoms with E-state index in [1.807, 2.05) is 0 Å². The van der Waals surface area contributed by atoms with Gasteiger partial charge >= 0.3 is 31.2 Å². The van der Waals surface area contributed by atoms with Gasteiger partial charge in [-0.3, -0.25) is 13.7 Å². The van der Waals surface area contributed by atoms with Gasteiger partial charge in [-0.2, -0.15) is 25.3 Å². The van der Waals surface area contributed by atoms with E-state index in [9.17, 15) is 25.3 Å². The molecule has 0 aliphatic heterocycles. The highest BCUT2D eigenvalue weighted by atomic mass is 32.3. The van der Waals surface area contributed by atoms with Gasteiger partial charge in [0.05, 0.1) is 25.4 Å². The van der Waals surface area contributed by atoms with Crippen molar-refractivity contribution in [2.75, 3.05) is 19.8 Å². The Morgan fingerprint density at radius 2 is 0.900 bits per heavy atom. The molecule has 0 atom stereocenters. The molecule has 16 heteroatoms. The van der Waals surface area contributed by atoms with E-state index in [-0.39, 0.29) is 0 Å². The van der Waals surface area contributed by atoms with Crippen molar-refractivity contribution < 1.29 is 51.5 Å². The summed E-state index contributed by atoms with van der Waals surface area (Å²) in [4.78, 5) is 0. The van der Waals surface area contributed by atoms with Crippen molar-refractivity contribution in [1.29, 1.82) is 0 Å². The Bertz CT molecular complexity index is 527. The smallest absolute Gasteiger partial charge is 0.319 e. The Balaban J connectivity index is 4.92. The second kappa shape index (κ2) is 6.56. The minimum Gasteiger partial charge on any atom is -0.319 e. The van der Waals surface area contributed by atoms with E-state index in [4.69, 9.17) is 19.4 Å². The summed E-state index contributed by atoms with van der Waals surface area (Å²) in [5.74, 6) is 0. The van der Waals surface area contributed by atoms with Crippen molar-refractivity contribution in [3.05, 3.63) is 0 Å². The van der Waals surface area contributed by atoms with Crippen molar-refractivity contribution in [2.24, 2.45) is 5.73 Å². The summed E-state index contributed by atoms with van der Waals surface area (Å²) in [6, 6.07) is 0. The molecule has 13 nitrogen and oxygen atoms in total. The summed E-state index contributed by atoms with van der Waals surface area (Å²) < 4.78 is 98.4. The Kier molecular flexibility index (Phi) is 6.42. The molecule has 0 aromatic carbocycles. The third-order valence-corrected chi connectivity index (χ3v) is 2.73. The van der Waals surface area contributed by atoms with Crippen LogP contribution in [-0.2, 0) is 43.7 Å². The van der Waals surface area contributed by atoms with E-state index >= 15 is 0 Å². The molecule has 0 saturated heterocycles. The zero-order valence-corrected chi connectivity index (χ0v) is 11.9. The summed E-state index contributed by atoms with van der Waals surface area (Å²) >= 11 is 0. The molecule has 0 heterocycles. The lowest BCUT2D eigenvalue weighted by molar-refractivity contribution is 0.0894. The first-order valence-corrected chi connectivity index (χ1v) is 8.36. The Labute approximate surface area is 114 Å². The lowest BCUT2D eigenvalue weighted by atomic mass is 10.1. The van der Waals surface area contributed by atoms with E-state index in [0.29, 0.717) is 0 Å². The van der Waals surface area contributed by atoms with Crippen LogP contribution in [-0.4, -0.2) is 64.3 Å². The summed E-state index contributed by atoms with van der Waals surface area (Å²) in [5, 5.41) is 0. The van der Waals surface area contributed by atoms with E-state index in [2.05, 4.69) is 12.5 Å². The van der Waals surface area contributed by atoms with Crippen LogP contribution in [0.4, 0.5) is 0 Å². The van der Waals surface area contributed by atoms with Crippen LogP contribution < -0.4 is 5.73 Å². The largest absolute Gasteiger partial charge is 0.397 e. The maximum absolute atomic E-state index is 10.3. The minimum absolute atomic E-state index is 1.18. The lowest BCUT2D eigenvalue weighted by Gasteiger charge is -2.25. The molecular formula is C4H11NO12S3. The van der Waals surface area contributed by atoms with E-state index < -0.39 is 56.6 Å². The van der Waals surface area contributed by atoms with Gasteiger partial charge in [-0.25, -0.2) is 12.5 Å². The predicted molar refractivity (Wildman–Crippen MR) is 59.4 cm³/mol. The quantitative estimate of drug-likeness (QED) is 0.304. The van der Waals surface area contributed by atoms with E-state index in [1.54, 1.807) is 0 Å². The van der Waals surface area contributed by atoms with Gasteiger partial charge in [0.15, 0.2) is 0 Å². The number of nitrogens with two attached hydrogens (primary N) is 1. The van der Waals surface area contributed by atoms with E-state index in [0.717, 1.165) is 0 Å². The molecule has 0 fully saturated rings. The Morgan fingerprint density at radius 1 is 0.700 bits per heavy atom. The van der Waals surface area contributed by atoms with Crippen molar-refractivity contribution in [3.8, 4) is 0 Å². The first kappa shape index (κ1) is 19.6. The second-order valence-electron chi connectivity index (χ2n) is 3.43. The van der Waals surface area contributed by atoms with Gasteiger partial charge in [0.25, 0.3) is 0 Å². The highest BCUT2D eigenvalue weighted by molar-refractivity contribution is 7.81. The van der Waals surface area contributed by atoms with Crippen LogP contribution in [0, 0.1) is 0 Å². The molecule has 0 saturated carbocycles. The van der Waals surface area contributed by atoms with Gasteiger partial charge < -0.3 is 5.73 Å². The van der Waals surface area contributed by atoms with Crippen LogP contribution in [0.3, 0.4) is 0 Å². The van der Waals surface area contributed by atoms with Crippen LogP contribution in [0.15, 0.2) is 0 Å². The van der Waals surface area contributed by atoms with Gasteiger partial charge in [0, 0.05) is 0 Å². The van der Waals surface area contributed by atoms with Crippen molar-refractivity contribution in [2.45, 2.75) is 5.54 Å². The zero-order valence-electron chi connectivity index (χ0n) is 9.44. The summed E-state index contributed by atoms with van der Waals surface area (Å²) in [6.45, 7) is -3.55. The molecule has 0 radical (unpaired) electrons. The normalized spacial score (nSPS) is 14.4. The molecule has 0 amide bonds. The van der Waals surface area contributed by atoms with Crippen LogP contribution in [0.2, 0.25) is 0 Å².